The SMILES string of the molecule is C.CC(=O)c1ccccc1-c1cccnc1N.CC(=O)c1ccccc1B(O)O.Nc1ncccc1I.O=[C-]OO.O=c1[nH]c2ncccc2c2ccccc12.[Na].[Na].[Pd].c1ccc(P(c2ccccc2)c2ccccc2)cc1.c1ccc(P(c2ccccc2)c2ccccc2)cc1.c1ccc(P(c2ccccc2)c2ccccc2)cc1.c1ccc(P(c2ccccc2)c2ccccc2)cc1. The Morgan fingerprint density at radius 2 is 0.556 bits per heavy atom. The van der Waals surface area contributed by atoms with Gasteiger partial charge in [-0.2, -0.15) is 0 Å². The zero-order chi connectivity index (χ0) is 92.0. The van der Waals surface area contributed by atoms with E-state index in [2.05, 4.69) is 411 Å². The molecule has 0 aliphatic heterocycles. The summed E-state index contributed by atoms with van der Waals surface area (Å²) in [5.74, 6) is 0.904. The molecule has 4 heterocycles. The predicted octanol–water partition coefficient (Wildman–Crippen LogP) is 18.6. The van der Waals surface area contributed by atoms with Crippen molar-refractivity contribution in [1.82, 2.24) is 19.9 Å². The van der Waals surface area contributed by atoms with Crippen molar-refractivity contribution in [3.05, 3.63) is 517 Å². The molecule has 0 bridgehead atoms. The number of nitrogens with zero attached hydrogens (tertiary/aromatic N) is 3. The summed E-state index contributed by atoms with van der Waals surface area (Å²) in [6.45, 7) is 3.67. The average Bonchev–Trinajstić information content (AvgIpc) is 0.781. The van der Waals surface area contributed by atoms with Gasteiger partial charge in [0.2, 0.25) is 0 Å². The van der Waals surface area contributed by atoms with E-state index in [0.717, 1.165) is 31.9 Å². The predicted molar refractivity (Wildman–Crippen MR) is 580 cm³/mol. The largest absolute Gasteiger partial charge is 0.509 e. The van der Waals surface area contributed by atoms with Gasteiger partial charge in [-0.1, -0.05) is 438 Å². The third-order valence-corrected chi connectivity index (χ3v) is 30.2. The molecule has 0 aliphatic rings. The molecule has 0 unspecified atom stereocenters. The van der Waals surface area contributed by atoms with Crippen LogP contribution in [0.2, 0.25) is 0 Å². The van der Waals surface area contributed by atoms with Crippen LogP contribution >= 0.6 is 54.3 Å². The second-order valence-electron chi connectivity index (χ2n) is 28.4. The van der Waals surface area contributed by atoms with E-state index in [9.17, 15) is 14.4 Å². The topological polar surface area (TPSA) is 245 Å². The van der Waals surface area contributed by atoms with Crippen molar-refractivity contribution in [3.63, 3.8) is 0 Å². The number of rotatable bonds is 17. The number of Topliss-reactive ketones (excluding diaryl/α,β-unsaturated/α-hetero) is 2. The smallest absolute Gasteiger partial charge is 0.489 e. The van der Waals surface area contributed by atoms with E-state index in [0.29, 0.717) is 33.8 Å². The quantitative estimate of drug-likeness (QED) is 0.00727. The van der Waals surface area contributed by atoms with Crippen LogP contribution in [-0.4, -0.2) is 120 Å². The van der Waals surface area contributed by atoms with Crippen molar-refractivity contribution in [2.45, 2.75) is 21.3 Å². The van der Waals surface area contributed by atoms with E-state index >= 15 is 0 Å². The molecular formula is C112H99BIN6Na2O8P4Pd-. The van der Waals surface area contributed by atoms with Gasteiger partial charge in [0.05, 0.1) is 3.57 Å². The van der Waals surface area contributed by atoms with Crippen LogP contribution < -0.4 is 86.1 Å². The van der Waals surface area contributed by atoms with Gasteiger partial charge in [0.25, 0.3) is 5.56 Å². The van der Waals surface area contributed by atoms with Crippen molar-refractivity contribution in [3.8, 4) is 11.1 Å². The summed E-state index contributed by atoms with van der Waals surface area (Å²) >= 11 is 2.14. The van der Waals surface area contributed by atoms with Gasteiger partial charge in [-0.3, -0.25) is 14.4 Å². The first kappa shape index (κ1) is 111. The molecule has 0 fully saturated rings. The minimum absolute atomic E-state index is 0. The molecule has 2 radical (unpaired) electrons. The van der Waals surface area contributed by atoms with E-state index < -0.39 is 38.8 Å². The molecule has 23 heteroatoms. The van der Waals surface area contributed by atoms with Crippen LogP contribution in [0.4, 0.5) is 11.6 Å². The van der Waals surface area contributed by atoms with Gasteiger partial charge in [-0.15, -0.1) is 0 Å². The van der Waals surface area contributed by atoms with Gasteiger partial charge in [0.1, 0.15) is 17.3 Å². The Labute approximate surface area is 867 Å². The van der Waals surface area contributed by atoms with Gasteiger partial charge in [0.15, 0.2) is 11.6 Å². The van der Waals surface area contributed by atoms with Crippen LogP contribution in [-0.2, 0) is 30.1 Å². The molecule has 8 N–H and O–H groups in total. The molecule has 135 heavy (non-hydrogen) atoms. The number of nitrogens with one attached hydrogen (secondary N) is 1. The van der Waals surface area contributed by atoms with E-state index in [1.807, 2.05) is 78.9 Å². The molecule has 0 amide bonds. The van der Waals surface area contributed by atoms with Crippen molar-refractivity contribution in [2.24, 2.45) is 0 Å². The third-order valence-electron chi connectivity index (χ3n) is 19.6. The second-order valence-corrected chi connectivity index (χ2v) is 38.4. The van der Waals surface area contributed by atoms with Crippen LogP contribution in [0.3, 0.4) is 0 Å². The fraction of sp³-hybridized carbons (Fsp3) is 0.0268. The number of aromatic nitrogens is 4. The normalized spacial score (nSPS) is 9.91. The number of carbonyl (C=O) groups excluding carboxylic acids is 3. The van der Waals surface area contributed by atoms with Crippen LogP contribution in [0.5, 0.6) is 0 Å². The van der Waals surface area contributed by atoms with E-state index in [4.69, 9.17) is 31.6 Å². The number of hydrogen-bond acceptors (Lipinski definition) is 13. The number of fused-ring (bicyclic) bond motifs is 3. The molecule has 19 rings (SSSR count). The van der Waals surface area contributed by atoms with Gasteiger partial charge in [-0.05, 0) is 197 Å². The Morgan fingerprint density at radius 1 is 0.326 bits per heavy atom. The average molecular weight is 2070 g/mol. The minimum Gasteiger partial charge on any atom is -0.509 e. The molecule has 0 atom stereocenters. The summed E-state index contributed by atoms with van der Waals surface area (Å²) in [6, 6.07) is 162. The number of ketones is 2. The Balaban J connectivity index is 0.000000210. The van der Waals surface area contributed by atoms with Gasteiger partial charge < -0.3 is 36.2 Å². The minimum atomic E-state index is -1.58. The standard InChI is InChI=1S/4C18H15P.C13H12N2O.C12H8N2O.C8H9BO3.C5H5IN2.CHO3.CH4.2Na.Pd/c4*1-4-10-16(11-5-1)19(17-12-6-2-7-13-17)18-14-8-3-9-15-18;1-9(16)10-5-2-3-6-11(10)12-7-4-8-15-13(12)14;15-12-10-5-2-1-4-8(10)9-6-3-7-13-11(9)14-12;1-6(10)7-4-2-3-5-8(7)9(11)12;6-4-2-1-3-8-5(4)7;2-1-4-3;;;;/h4*1-15H;2-8H,1H3,(H2,14,15);1-7H,(H,13,14,15);2-5,11-12H,1H3;1-3H,(H2,7,8);3H;1H4;;;/q;;;;;;;;-1;;;;. The third kappa shape index (κ3) is 34.5. The fourth-order valence-corrected chi connectivity index (χ4v) is 23.2. The molecule has 0 saturated heterocycles. The Bertz CT molecular complexity index is 5820. The molecule has 0 saturated carbocycles. The number of aromatic amines is 1. The summed E-state index contributed by atoms with van der Waals surface area (Å²) in [5, 5.41) is 44.1. The second kappa shape index (κ2) is 61.6. The number of anilines is 2. The van der Waals surface area contributed by atoms with Crippen molar-refractivity contribution in [1.29, 1.82) is 0 Å². The zero-order valence-electron chi connectivity index (χ0n) is 74.2. The van der Waals surface area contributed by atoms with Gasteiger partial charge in [-0.25, -0.2) is 20.2 Å². The first-order valence-corrected chi connectivity index (χ1v) is 48.1. The molecular weight excluding hydrogens is 1970 g/mol. The number of carbonyl (C=O) groups is 2. The van der Waals surface area contributed by atoms with Crippen LogP contribution in [0.25, 0.3) is 32.9 Å². The molecule has 14 nitrogen and oxygen atoms in total. The summed E-state index contributed by atoms with van der Waals surface area (Å²) in [7, 11) is -3.36. The van der Waals surface area contributed by atoms with Gasteiger partial charge >= 0.3 is 7.12 Å². The summed E-state index contributed by atoms with van der Waals surface area (Å²) in [4.78, 5) is 60.2. The Hall–Kier alpha value is -11.3. The summed E-state index contributed by atoms with van der Waals surface area (Å²) < 4.78 is 1.00. The van der Waals surface area contributed by atoms with Crippen molar-refractivity contribution in [2.75, 3.05) is 11.5 Å². The molecule has 0 aliphatic carbocycles. The van der Waals surface area contributed by atoms with E-state index in [1.54, 1.807) is 49.8 Å². The number of H-pyrrole nitrogens is 1. The van der Waals surface area contributed by atoms with Crippen molar-refractivity contribution < 1.29 is 55.0 Å². The number of benzene rings is 15. The maximum absolute atomic E-state index is 11.7. The first-order chi connectivity index (χ1) is 64.2. The number of halogens is 1. The Kier molecular flexibility index (Phi) is 50.5. The molecule has 0 spiro atoms. The van der Waals surface area contributed by atoms with E-state index in [1.165, 1.54) is 76.6 Å². The monoisotopic (exact) mass is 2070 g/mol. The first-order valence-electron chi connectivity index (χ1n) is 41.7. The van der Waals surface area contributed by atoms with Crippen LogP contribution in [0, 0.1) is 3.57 Å². The summed E-state index contributed by atoms with van der Waals surface area (Å²) in [6.07, 6.45) is 4.99. The van der Waals surface area contributed by atoms with Crippen molar-refractivity contribution >= 4 is 241 Å². The fourth-order valence-electron chi connectivity index (χ4n) is 13.6. The van der Waals surface area contributed by atoms with E-state index in [-0.39, 0.29) is 110 Å². The number of pyridine rings is 4. The number of nitrogen functional groups attached to an aromatic ring is 2. The summed E-state index contributed by atoms with van der Waals surface area (Å²) in [5.41, 5.74) is 14.7. The van der Waals surface area contributed by atoms with Gasteiger partial charge in [0, 0.05) is 126 Å². The van der Waals surface area contributed by atoms with Crippen LogP contribution in [0.15, 0.2) is 497 Å². The molecule has 4 aromatic heterocycles. The number of nitrogens with two attached hydrogens (primary N) is 2. The molecule has 15 aromatic carbocycles. The molecule has 19 aromatic rings. The van der Waals surface area contributed by atoms with Crippen LogP contribution in [0.1, 0.15) is 42.0 Å². The maximum atomic E-state index is 11.7. The molecule has 668 valence electrons. The Morgan fingerprint density at radius 3 is 0.815 bits per heavy atom. The zero-order valence-corrected chi connectivity index (χ0v) is 85.5. The number of hydrogen-bond donors (Lipinski definition) is 6. The maximum Gasteiger partial charge on any atom is 0.489 e.